The van der Waals surface area contributed by atoms with E-state index in [-0.39, 0.29) is 0 Å². The van der Waals surface area contributed by atoms with E-state index in [0.717, 1.165) is 5.92 Å². The summed E-state index contributed by atoms with van der Waals surface area (Å²) in [4.78, 5) is 7.41. The van der Waals surface area contributed by atoms with Crippen LogP contribution in [0.1, 0.15) is 77.7 Å². The van der Waals surface area contributed by atoms with Crippen molar-refractivity contribution < 1.29 is 0 Å². The first-order valence-electron chi connectivity index (χ1n) is 9.47. The molecule has 0 spiro atoms. The Balaban J connectivity index is 0.000000847. The molecule has 0 aliphatic carbocycles. The lowest BCUT2D eigenvalue weighted by Crippen LogP contribution is -2.38. The summed E-state index contributed by atoms with van der Waals surface area (Å²) in [5.41, 5.74) is 1.49. The number of aromatic nitrogens is 2. The maximum absolute atomic E-state index is 4.80. The molecule has 3 heteroatoms. The van der Waals surface area contributed by atoms with E-state index in [1.165, 1.54) is 63.3 Å². The first kappa shape index (κ1) is 17.5. The van der Waals surface area contributed by atoms with Gasteiger partial charge in [-0.1, -0.05) is 27.2 Å². The molecule has 22 heavy (non-hydrogen) atoms. The molecule has 126 valence electrons. The Morgan fingerprint density at radius 1 is 1.14 bits per heavy atom. The van der Waals surface area contributed by atoms with Crippen LogP contribution in [-0.4, -0.2) is 33.6 Å². The predicted octanol–water partition coefficient (Wildman–Crippen LogP) is 4.47. The third-order valence-electron chi connectivity index (χ3n) is 5.43. The van der Waals surface area contributed by atoms with Crippen molar-refractivity contribution in [1.29, 1.82) is 0 Å². The zero-order valence-corrected chi connectivity index (χ0v) is 15.3. The SMILES string of the molecule is CC.CCC1CCn2c(cnc2C2CCN(C(C)C)CC2)C1. The van der Waals surface area contributed by atoms with Gasteiger partial charge in [0.05, 0.1) is 0 Å². The van der Waals surface area contributed by atoms with Gasteiger partial charge in [0.2, 0.25) is 0 Å². The van der Waals surface area contributed by atoms with Crippen LogP contribution in [0.25, 0.3) is 0 Å². The largest absolute Gasteiger partial charge is 0.332 e. The molecule has 1 saturated heterocycles. The summed E-state index contributed by atoms with van der Waals surface area (Å²) < 4.78 is 2.54. The molecule has 0 aromatic carbocycles. The predicted molar refractivity (Wildman–Crippen MR) is 94.4 cm³/mol. The van der Waals surface area contributed by atoms with E-state index in [0.29, 0.717) is 12.0 Å². The Morgan fingerprint density at radius 3 is 2.41 bits per heavy atom. The van der Waals surface area contributed by atoms with E-state index in [1.807, 2.05) is 13.8 Å². The van der Waals surface area contributed by atoms with Gasteiger partial charge in [0.15, 0.2) is 0 Å². The molecule has 2 aliphatic heterocycles. The topological polar surface area (TPSA) is 21.1 Å². The van der Waals surface area contributed by atoms with Gasteiger partial charge in [-0.25, -0.2) is 4.98 Å². The molecule has 0 amide bonds. The van der Waals surface area contributed by atoms with E-state index in [2.05, 4.69) is 36.4 Å². The van der Waals surface area contributed by atoms with E-state index < -0.39 is 0 Å². The van der Waals surface area contributed by atoms with Gasteiger partial charge >= 0.3 is 0 Å². The maximum atomic E-state index is 4.80. The van der Waals surface area contributed by atoms with Crippen LogP contribution >= 0.6 is 0 Å². The molecule has 0 saturated carbocycles. The van der Waals surface area contributed by atoms with Gasteiger partial charge < -0.3 is 9.47 Å². The van der Waals surface area contributed by atoms with E-state index >= 15 is 0 Å². The van der Waals surface area contributed by atoms with Crippen LogP contribution in [0.4, 0.5) is 0 Å². The Hall–Kier alpha value is -0.830. The number of rotatable bonds is 3. The maximum Gasteiger partial charge on any atom is 0.112 e. The molecule has 3 nitrogen and oxygen atoms in total. The molecule has 2 aliphatic rings. The zero-order chi connectivity index (χ0) is 16.1. The third-order valence-corrected chi connectivity index (χ3v) is 5.43. The van der Waals surface area contributed by atoms with Crippen molar-refractivity contribution in [2.45, 2.75) is 85.2 Å². The van der Waals surface area contributed by atoms with Crippen LogP contribution in [0.15, 0.2) is 6.20 Å². The standard InChI is InChI=1S/C17H29N3.C2H6/c1-4-14-5-10-20-16(11-14)12-18-17(20)15-6-8-19(9-7-15)13(2)3;1-2/h12-15H,4-11H2,1-3H3;1-2H3. The molecule has 1 atom stereocenters. The minimum atomic E-state index is 0.690. The average Bonchev–Trinajstić information content (AvgIpc) is 2.99. The van der Waals surface area contributed by atoms with Gasteiger partial charge in [-0.05, 0) is 58.5 Å². The van der Waals surface area contributed by atoms with Gasteiger partial charge in [0.25, 0.3) is 0 Å². The molecule has 0 radical (unpaired) electrons. The number of nitrogens with zero attached hydrogens (tertiary/aromatic N) is 3. The van der Waals surface area contributed by atoms with E-state index in [4.69, 9.17) is 4.98 Å². The number of piperidine rings is 1. The molecule has 1 unspecified atom stereocenters. The smallest absolute Gasteiger partial charge is 0.112 e. The van der Waals surface area contributed by atoms with E-state index in [9.17, 15) is 0 Å². The Bertz CT molecular complexity index is 442. The lowest BCUT2D eigenvalue weighted by Gasteiger charge is -2.35. The first-order valence-corrected chi connectivity index (χ1v) is 9.47. The summed E-state index contributed by atoms with van der Waals surface area (Å²) >= 11 is 0. The number of fused-ring (bicyclic) bond motifs is 1. The molecular weight excluding hydrogens is 270 g/mol. The van der Waals surface area contributed by atoms with Gasteiger partial charge in [0, 0.05) is 30.4 Å². The van der Waals surface area contributed by atoms with Gasteiger partial charge in [-0.3, -0.25) is 0 Å². The highest BCUT2D eigenvalue weighted by Crippen LogP contribution is 2.32. The van der Waals surface area contributed by atoms with Crippen molar-refractivity contribution in [2.24, 2.45) is 5.92 Å². The minimum absolute atomic E-state index is 0.690. The van der Waals surface area contributed by atoms with Crippen molar-refractivity contribution >= 4 is 0 Å². The van der Waals surface area contributed by atoms with Crippen LogP contribution in [0.5, 0.6) is 0 Å². The number of hydrogen-bond donors (Lipinski definition) is 0. The van der Waals surface area contributed by atoms with Gasteiger partial charge in [0.1, 0.15) is 5.82 Å². The number of hydrogen-bond acceptors (Lipinski definition) is 2. The highest BCUT2D eigenvalue weighted by molar-refractivity contribution is 5.13. The number of likely N-dealkylation sites (tertiary alicyclic amines) is 1. The van der Waals surface area contributed by atoms with Crippen molar-refractivity contribution in [1.82, 2.24) is 14.5 Å². The molecule has 3 heterocycles. The van der Waals surface area contributed by atoms with Crippen LogP contribution < -0.4 is 0 Å². The summed E-state index contributed by atoms with van der Waals surface area (Å²) in [6, 6.07) is 0.690. The second kappa shape index (κ2) is 8.14. The molecule has 1 fully saturated rings. The van der Waals surface area contributed by atoms with Gasteiger partial charge in [-0.2, -0.15) is 0 Å². The van der Waals surface area contributed by atoms with Crippen LogP contribution in [0.3, 0.4) is 0 Å². The fourth-order valence-corrected chi connectivity index (χ4v) is 3.91. The van der Waals surface area contributed by atoms with Crippen molar-refractivity contribution in [2.75, 3.05) is 13.1 Å². The minimum Gasteiger partial charge on any atom is -0.332 e. The lowest BCUT2D eigenvalue weighted by molar-refractivity contribution is 0.167. The van der Waals surface area contributed by atoms with Gasteiger partial charge in [-0.15, -0.1) is 0 Å². The summed E-state index contributed by atoms with van der Waals surface area (Å²) in [6.45, 7) is 14.6. The highest BCUT2D eigenvalue weighted by atomic mass is 15.2. The Kier molecular flexibility index (Phi) is 6.49. The fourth-order valence-electron chi connectivity index (χ4n) is 3.91. The summed E-state index contributed by atoms with van der Waals surface area (Å²) in [5.74, 6) is 2.96. The summed E-state index contributed by atoms with van der Waals surface area (Å²) in [6.07, 6.45) is 8.63. The summed E-state index contributed by atoms with van der Waals surface area (Å²) in [5, 5.41) is 0. The van der Waals surface area contributed by atoms with Crippen LogP contribution in [0.2, 0.25) is 0 Å². The summed E-state index contributed by atoms with van der Waals surface area (Å²) in [7, 11) is 0. The molecular formula is C19H35N3. The second-order valence-corrected chi connectivity index (χ2v) is 6.93. The number of imidazole rings is 1. The second-order valence-electron chi connectivity index (χ2n) is 6.93. The average molecular weight is 306 g/mol. The quantitative estimate of drug-likeness (QED) is 0.821. The Labute approximate surface area is 137 Å². The Morgan fingerprint density at radius 2 is 1.82 bits per heavy atom. The molecule has 1 aromatic rings. The molecule has 1 aromatic heterocycles. The molecule has 0 N–H and O–H groups in total. The molecule has 3 rings (SSSR count). The highest BCUT2D eigenvalue weighted by Gasteiger charge is 2.28. The van der Waals surface area contributed by atoms with Crippen LogP contribution in [0, 0.1) is 5.92 Å². The van der Waals surface area contributed by atoms with Crippen LogP contribution in [-0.2, 0) is 13.0 Å². The van der Waals surface area contributed by atoms with Crippen molar-refractivity contribution in [3.63, 3.8) is 0 Å². The monoisotopic (exact) mass is 305 g/mol. The lowest BCUT2D eigenvalue weighted by atomic mass is 9.92. The van der Waals surface area contributed by atoms with Crippen molar-refractivity contribution in [3.05, 3.63) is 17.7 Å². The third kappa shape index (κ3) is 3.73. The zero-order valence-electron chi connectivity index (χ0n) is 15.3. The first-order chi connectivity index (χ1) is 10.7. The van der Waals surface area contributed by atoms with Crippen molar-refractivity contribution in [3.8, 4) is 0 Å². The van der Waals surface area contributed by atoms with E-state index in [1.54, 1.807) is 0 Å². The molecule has 0 bridgehead atoms. The normalized spacial score (nSPS) is 23.1. The fraction of sp³-hybridized carbons (Fsp3) is 0.842.